The van der Waals surface area contributed by atoms with Crippen LogP contribution in [0.5, 0.6) is 17.2 Å². The SMILES string of the molecule is COc1ccc(CN2C(=O)CN(C3CCCCCC3)C(=O)[C@@H]2c2ccc(OC)c(OC)c2)cc1. The molecule has 7 heteroatoms. The van der Waals surface area contributed by atoms with Crippen molar-refractivity contribution in [2.75, 3.05) is 27.9 Å². The van der Waals surface area contributed by atoms with Crippen molar-refractivity contribution in [2.24, 2.45) is 0 Å². The number of amides is 2. The smallest absolute Gasteiger partial charge is 0.250 e. The van der Waals surface area contributed by atoms with Crippen LogP contribution in [0.15, 0.2) is 42.5 Å². The standard InChI is InChI=1S/C27H34N2O5/c1-32-22-13-10-19(11-14-22)17-29-25(30)18-28(21-8-6-4-5-7-9-21)27(31)26(29)20-12-15-23(33-2)24(16-20)34-3/h10-16,21,26H,4-9,17-18H2,1-3H3/t26-/m0/s1. The number of ether oxygens (including phenoxy) is 3. The van der Waals surface area contributed by atoms with Crippen LogP contribution < -0.4 is 14.2 Å². The number of carbonyl (C=O) groups is 2. The lowest BCUT2D eigenvalue weighted by molar-refractivity contribution is -0.159. The predicted molar refractivity (Wildman–Crippen MR) is 129 cm³/mol. The Morgan fingerprint density at radius 1 is 0.824 bits per heavy atom. The molecular weight excluding hydrogens is 432 g/mol. The van der Waals surface area contributed by atoms with E-state index in [1.807, 2.05) is 41.3 Å². The summed E-state index contributed by atoms with van der Waals surface area (Å²) in [4.78, 5) is 31.0. The van der Waals surface area contributed by atoms with Crippen LogP contribution in [0, 0.1) is 0 Å². The van der Waals surface area contributed by atoms with Crippen LogP contribution >= 0.6 is 0 Å². The van der Waals surface area contributed by atoms with Gasteiger partial charge in [-0.05, 0) is 48.2 Å². The monoisotopic (exact) mass is 466 g/mol. The van der Waals surface area contributed by atoms with E-state index in [-0.39, 0.29) is 24.4 Å². The third kappa shape index (κ3) is 4.98. The van der Waals surface area contributed by atoms with Crippen molar-refractivity contribution in [1.29, 1.82) is 0 Å². The summed E-state index contributed by atoms with van der Waals surface area (Å²) in [7, 11) is 4.77. The third-order valence-electron chi connectivity index (χ3n) is 6.96. The number of piperazine rings is 1. The van der Waals surface area contributed by atoms with E-state index in [0.29, 0.717) is 18.0 Å². The fourth-order valence-electron chi connectivity index (χ4n) is 5.08. The van der Waals surface area contributed by atoms with Gasteiger partial charge in [-0.2, -0.15) is 0 Å². The summed E-state index contributed by atoms with van der Waals surface area (Å²) >= 11 is 0. The van der Waals surface area contributed by atoms with Crippen molar-refractivity contribution in [3.05, 3.63) is 53.6 Å². The van der Waals surface area contributed by atoms with Gasteiger partial charge in [-0.15, -0.1) is 0 Å². The van der Waals surface area contributed by atoms with E-state index in [1.54, 1.807) is 32.3 Å². The first-order valence-electron chi connectivity index (χ1n) is 12.0. The molecule has 1 saturated carbocycles. The molecule has 2 amide bonds. The summed E-state index contributed by atoms with van der Waals surface area (Å²) < 4.78 is 16.1. The molecule has 7 nitrogen and oxygen atoms in total. The molecule has 1 atom stereocenters. The van der Waals surface area contributed by atoms with Crippen molar-refractivity contribution >= 4 is 11.8 Å². The highest BCUT2D eigenvalue weighted by Gasteiger charge is 2.43. The second-order valence-electron chi connectivity index (χ2n) is 9.00. The number of methoxy groups -OCH3 is 3. The first kappa shape index (κ1) is 23.9. The van der Waals surface area contributed by atoms with Gasteiger partial charge in [-0.1, -0.05) is 43.9 Å². The number of carbonyl (C=O) groups excluding carboxylic acids is 2. The van der Waals surface area contributed by atoms with Gasteiger partial charge in [0.2, 0.25) is 5.91 Å². The largest absolute Gasteiger partial charge is 0.497 e. The van der Waals surface area contributed by atoms with Gasteiger partial charge < -0.3 is 24.0 Å². The number of nitrogens with zero attached hydrogens (tertiary/aromatic N) is 2. The lowest BCUT2D eigenvalue weighted by Crippen LogP contribution is -2.57. The lowest BCUT2D eigenvalue weighted by Gasteiger charge is -2.43. The summed E-state index contributed by atoms with van der Waals surface area (Å²) in [6.45, 7) is 0.468. The minimum absolute atomic E-state index is 0.0211. The number of rotatable bonds is 7. The van der Waals surface area contributed by atoms with E-state index in [0.717, 1.165) is 42.6 Å². The molecule has 2 aromatic rings. The van der Waals surface area contributed by atoms with Crippen molar-refractivity contribution in [3.8, 4) is 17.2 Å². The summed E-state index contributed by atoms with van der Waals surface area (Å²) in [5, 5.41) is 0. The zero-order valence-corrected chi connectivity index (χ0v) is 20.3. The second kappa shape index (κ2) is 10.8. The summed E-state index contributed by atoms with van der Waals surface area (Å²) in [6, 6.07) is 12.5. The number of benzene rings is 2. The molecule has 0 bridgehead atoms. The van der Waals surface area contributed by atoms with Crippen LogP contribution in [0.2, 0.25) is 0 Å². The van der Waals surface area contributed by atoms with Gasteiger partial charge in [-0.25, -0.2) is 0 Å². The van der Waals surface area contributed by atoms with Crippen LogP contribution in [0.3, 0.4) is 0 Å². The second-order valence-corrected chi connectivity index (χ2v) is 9.00. The Morgan fingerprint density at radius 2 is 1.50 bits per heavy atom. The first-order chi connectivity index (χ1) is 16.5. The van der Waals surface area contributed by atoms with Gasteiger partial charge in [0, 0.05) is 12.6 Å². The van der Waals surface area contributed by atoms with Crippen LogP contribution in [0.1, 0.15) is 55.7 Å². The quantitative estimate of drug-likeness (QED) is 0.568. The molecule has 0 spiro atoms. The average molecular weight is 467 g/mol. The van der Waals surface area contributed by atoms with E-state index in [9.17, 15) is 9.59 Å². The zero-order valence-electron chi connectivity index (χ0n) is 20.3. The minimum Gasteiger partial charge on any atom is -0.497 e. The molecular formula is C27H34N2O5. The molecule has 34 heavy (non-hydrogen) atoms. The molecule has 4 rings (SSSR count). The van der Waals surface area contributed by atoms with Gasteiger partial charge in [0.15, 0.2) is 11.5 Å². The molecule has 0 radical (unpaired) electrons. The van der Waals surface area contributed by atoms with Gasteiger partial charge in [0.05, 0.1) is 21.3 Å². The normalized spacial score (nSPS) is 19.7. The maximum Gasteiger partial charge on any atom is 0.250 e. The molecule has 2 fully saturated rings. The van der Waals surface area contributed by atoms with Gasteiger partial charge in [-0.3, -0.25) is 9.59 Å². The Kier molecular flexibility index (Phi) is 7.60. The highest BCUT2D eigenvalue weighted by molar-refractivity contribution is 5.96. The van der Waals surface area contributed by atoms with E-state index in [2.05, 4.69) is 0 Å². The van der Waals surface area contributed by atoms with E-state index < -0.39 is 6.04 Å². The van der Waals surface area contributed by atoms with Crippen LogP contribution in [0.25, 0.3) is 0 Å². The molecule has 0 N–H and O–H groups in total. The highest BCUT2D eigenvalue weighted by Crippen LogP contribution is 2.37. The molecule has 1 aliphatic heterocycles. The number of hydrogen-bond acceptors (Lipinski definition) is 5. The Hall–Kier alpha value is -3.22. The molecule has 182 valence electrons. The van der Waals surface area contributed by atoms with Crippen molar-refractivity contribution in [2.45, 2.75) is 57.2 Å². The maximum atomic E-state index is 14.0. The van der Waals surface area contributed by atoms with E-state index >= 15 is 0 Å². The fraction of sp³-hybridized carbons (Fsp3) is 0.481. The Balaban J connectivity index is 1.70. The zero-order chi connectivity index (χ0) is 24.1. The van der Waals surface area contributed by atoms with Crippen LogP contribution in [-0.2, 0) is 16.1 Å². The molecule has 0 aromatic heterocycles. The fourth-order valence-corrected chi connectivity index (χ4v) is 5.08. The molecule has 2 aromatic carbocycles. The van der Waals surface area contributed by atoms with Crippen LogP contribution in [-0.4, -0.2) is 55.5 Å². The van der Waals surface area contributed by atoms with E-state index in [1.165, 1.54) is 12.8 Å². The summed E-state index contributed by atoms with van der Waals surface area (Å²) in [5.41, 5.74) is 1.66. The van der Waals surface area contributed by atoms with Gasteiger partial charge >= 0.3 is 0 Å². The van der Waals surface area contributed by atoms with Crippen molar-refractivity contribution in [1.82, 2.24) is 9.80 Å². The Morgan fingerprint density at radius 3 is 2.12 bits per heavy atom. The third-order valence-corrected chi connectivity index (χ3v) is 6.96. The maximum absolute atomic E-state index is 14.0. The molecule has 1 heterocycles. The topological polar surface area (TPSA) is 68.3 Å². The average Bonchev–Trinajstić information content (AvgIpc) is 3.16. The highest BCUT2D eigenvalue weighted by atomic mass is 16.5. The molecule has 1 aliphatic carbocycles. The Labute approximate surface area is 201 Å². The van der Waals surface area contributed by atoms with E-state index in [4.69, 9.17) is 14.2 Å². The number of hydrogen-bond donors (Lipinski definition) is 0. The van der Waals surface area contributed by atoms with Gasteiger partial charge in [0.1, 0.15) is 18.3 Å². The first-order valence-corrected chi connectivity index (χ1v) is 12.0. The van der Waals surface area contributed by atoms with Gasteiger partial charge in [0.25, 0.3) is 5.91 Å². The lowest BCUT2D eigenvalue weighted by atomic mass is 9.96. The Bertz CT molecular complexity index is 999. The molecule has 1 saturated heterocycles. The van der Waals surface area contributed by atoms with Crippen LogP contribution in [0.4, 0.5) is 0 Å². The summed E-state index contributed by atoms with van der Waals surface area (Å²) in [5.74, 6) is 1.81. The van der Waals surface area contributed by atoms with Crippen molar-refractivity contribution < 1.29 is 23.8 Å². The van der Waals surface area contributed by atoms with Crippen molar-refractivity contribution in [3.63, 3.8) is 0 Å². The molecule has 2 aliphatic rings. The summed E-state index contributed by atoms with van der Waals surface area (Å²) in [6.07, 6.45) is 6.48. The minimum atomic E-state index is -0.716. The predicted octanol–water partition coefficient (Wildman–Crippen LogP) is 4.35. The molecule has 0 unspecified atom stereocenters.